The quantitative estimate of drug-likeness (QED) is 0.801. The molecule has 2 aromatic carbocycles. The van der Waals surface area contributed by atoms with Gasteiger partial charge in [0.2, 0.25) is 0 Å². The minimum Gasteiger partial charge on any atom is -0.476 e. The highest BCUT2D eigenvalue weighted by molar-refractivity contribution is 5.87. The molecule has 4 rings (SSSR count). The molecular weight excluding hydrogens is 290 g/mol. The molecule has 1 fully saturated rings. The van der Waals surface area contributed by atoms with E-state index in [-0.39, 0.29) is 11.6 Å². The molecular formula is C18H17N3O2. The van der Waals surface area contributed by atoms with E-state index in [0.717, 1.165) is 30.5 Å². The summed E-state index contributed by atoms with van der Waals surface area (Å²) in [6.07, 6.45) is 3.18. The van der Waals surface area contributed by atoms with Gasteiger partial charge in [-0.25, -0.2) is 9.48 Å². The van der Waals surface area contributed by atoms with Gasteiger partial charge < -0.3 is 5.11 Å². The van der Waals surface area contributed by atoms with Gasteiger partial charge >= 0.3 is 5.97 Å². The maximum absolute atomic E-state index is 11.4. The Bertz CT molecular complexity index is 876. The summed E-state index contributed by atoms with van der Waals surface area (Å²) in [7, 11) is 0. The van der Waals surface area contributed by atoms with E-state index in [1.54, 1.807) is 4.68 Å². The van der Waals surface area contributed by atoms with Crippen molar-refractivity contribution < 1.29 is 9.90 Å². The van der Waals surface area contributed by atoms with Gasteiger partial charge in [-0.15, -0.1) is 5.10 Å². The van der Waals surface area contributed by atoms with Crippen LogP contribution in [0.15, 0.2) is 42.5 Å². The molecule has 0 spiro atoms. The maximum Gasteiger partial charge on any atom is 0.358 e. The van der Waals surface area contributed by atoms with Gasteiger partial charge in [-0.2, -0.15) is 0 Å². The number of hydrogen-bond acceptors (Lipinski definition) is 3. The fraction of sp³-hybridized carbons (Fsp3) is 0.278. The standard InChI is InChI=1S/C18H17N3O2/c22-18(23)16-17(13-7-4-8-13)21(20-19-16)11-14-9-3-6-12-5-1-2-10-15(12)14/h1-3,5-6,9-10,13H,4,7-8,11H2,(H,22,23). The third-order valence-electron chi connectivity index (χ3n) is 4.67. The Morgan fingerprint density at radius 3 is 2.70 bits per heavy atom. The van der Waals surface area contributed by atoms with Crippen molar-refractivity contribution in [2.75, 3.05) is 0 Å². The fourth-order valence-electron chi connectivity index (χ4n) is 3.27. The van der Waals surface area contributed by atoms with E-state index in [0.29, 0.717) is 6.54 Å². The van der Waals surface area contributed by atoms with E-state index in [2.05, 4.69) is 34.6 Å². The van der Waals surface area contributed by atoms with Crippen molar-refractivity contribution >= 4 is 16.7 Å². The lowest BCUT2D eigenvalue weighted by atomic mass is 9.82. The predicted octanol–water partition coefficient (Wildman–Crippen LogP) is 3.45. The number of nitrogens with zero attached hydrogens (tertiary/aromatic N) is 3. The third-order valence-corrected chi connectivity index (χ3v) is 4.67. The van der Waals surface area contributed by atoms with Crippen LogP contribution in [0.1, 0.15) is 46.9 Å². The average Bonchev–Trinajstić information content (AvgIpc) is 2.90. The van der Waals surface area contributed by atoms with Crippen LogP contribution in [0.5, 0.6) is 0 Å². The molecule has 1 heterocycles. The molecule has 1 aromatic heterocycles. The first-order valence-electron chi connectivity index (χ1n) is 7.87. The van der Waals surface area contributed by atoms with Crippen molar-refractivity contribution in [3.05, 3.63) is 59.4 Å². The second-order valence-electron chi connectivity index (χ2n) is 6.05. The molecule has 1 aliphatic carbocycles. The van der Waals surface area contributed by atoms with Crippen LogP contribution in [0.2, 0.25) is 0 Å². The number of hydrogen-bond donors (Lipinski definition) is 1. The summed E-state index contributed by atoms with van der Waals surface area (Å²) < 4.78 is 1.77. The zero-order chi connectivity index (χ0) is 15.8. The van der Waals surface area contributed by atoms with Crippen LogP contribution in [-0.4, -0.2) is 26.1 Å². The van der Waals surface area contributed by atoms with Crippen molar-refractivity contribution in [2.24, 2.45) is 0 Å². The lowest BCUT2D eigenvalue weighted by Crippen LogP contribution is -2.18. The van der Waals surface area contributed by atoms with Gasteiger partial charge in [0.05, 0.1) is 12.2 Å². The minimum atomic E-state index is -0.990. The van der Waals surface area contributed by atoms with Crippen LogP contribution >= 0.6 is 0 Å². The number of aromatic nitrogens is 3. The van der Waals surface area contributed by atoms with Crippen molar-refractivity contribution in [2.45, 2.75) is 31.7 Å². The Morgan fingerprint density at radius 1 is 1.17 bits per heavy atom. The summed E-state index contributed by atoms with van der Waals surface area (Å²) in [4.78, 5) is 11.4. The first kappa shape index (κ1) is 13.9. The largest absolute Gasteiger partial charge is 0.476 e. The summed E-state index contributed by atoms with van der Waals surface area (Å²) in [5.41, 5.74) is 2.01. The number of carboxylic acids is 1. The number of fused-ring (bicyclic) bond motifs is 1. The van der Waals surface area contributed by atoms with E-state index < -0.39 is 5.97 Å². The molecule has 0 aliphatic heterocycles. The Balaban J connectivity index is 1.77. The molecule has 0 atom stereocenters. The molecule has 0 amide bonds. The average molecular weight is 307 g/mol. The molecule has 1 N–H and O–H groups in total. The maximum atomic E-state index is 11.4. The number of benzene rings is 2. The number of rotatable bonds is 4. The molecule has 0 saturated heterocycles. The Morgan fingerprint density at radius 2 is 1.96 bits per heavy atom. The van der Waals surface area contributed by atoms with Gasteiger partial charge in [0.25, 0.3) is 0 Å². The summed E-state index contributed by atoms with van der Waals surface area (Å²) >= 11 is 0. The van der Waals surface area contributed by atoms with E-state index in [4.69, 9.17) is 0 Å². The molecule has 5 heteroatoms. The van der Waals surface area contributed by atoms with Crippen molar-refractivity contribution in [3.63, 3.8) is 0 Å². The molecule has 1 aliphatic rings. The van der Waals surface area contributed by atoms with E-state index >= 15 is 0 Å². The summed E-state index contributed by atoms with van der Waals surface area (Å²) in [6.45, 7) is 0.549. The number of carboxylic acid groups (broad SMARTS) is 1. The smallest absolute Gasteiger partial charge is 0.358 e. The first-order valence-corrected chi connectivity index (χ1v) is 7.87. The van der Waals surface area contributed by atoms with Crippen LogP contribution in [0.25, 0.3) is 10.8 Å². The van der Waals surface area contributed by atoms with Crippen LogP contribution in [0, 0.1) is 0 Å². The topological polar surface area (TPSA) is 68.0 Å². The molecule has 5 nitrogen and oxygen atoms in total. The van der Waals surface area contributed by atoms with Crippen LogP contribution in [0.4, 0.5) is 0 Å². The Labute approximate surface area is 133 Å². The highest BCUT2D eigenvalue weighted by Gasteiger charge is 2.30. The molecule has 3 aromatic rings. The zero-order valence-electron chi connectivity index (χ0n) is 12.6. The lowest BCUT2D eigenvalue weighted by molar-refractivity contribution is 0.0687. The predicted molar refractivity (Wildman–Crippen MR) is 86.6 cm³/mol. The van der Waals surface area contributed by atoms with Gasteiger partial charge in [0.15, 0.2) is 5.69 Å². The normalized spacial score (nSPS) is 14.8. The van der Waals surface area contributed by atoms with Crippen molar-refractivity contribution in [1.29, 1.82) is 0 Å². The van der Waals surface area contributed by atoms with Crippen LogP contribution in [0.3, 0.4) is 0 Å². The highest BCUT2D eigenvalue weighted by Crippen LogP contribution is 2.37. The SMILES string of the molecule is O=C(O)c1nnn(Cc2cccc3ccccc23)c1C1CCC1. The minimum absolute atomic E-state index is 0.106. The summed E-state index contributed by atoms with van der Waals surface area (Å²) in [5, 5.41) is 19.7. The Kier molecular flexibility index (Phi) is 3.33. The number of aromatic carboxylic acids is 1. The van der Waals surface area contributed by atoms with Gasteiger partial charge in [0, 0.05) is 5.92 Å². The van der Waals surface area contributed by atoms with Gasteiger partial charge in [-0.1, -0.05) is 54.1 Å². The molecule has 116 valence electrons. The van der Waals surface area contributed by atoms with Crippen LogP contribution < -0.4 is 0 Å². The summed E-state index contributed by atoms with van der Waals surface area (Å²) in [5.74, 6) is -0.720. The highest BCUT2D eigenvalue weighted by atomic mass is 16.4. The zero-order valence-corrected chi connectivity index (χ0v) is 12.6. The van der Waals surface area contributed by atoms with Crippen molar-refractivity contribution in [1.82, 2.24) is 15.0 Å². The molecule has 1 saturated carbocycles. The Hall–Kier alpha value is -2.69. The van der Waals surface area contributed by atoms with Gasteiger partial charge in [0.1, 0.15) is 0 Å². The van der Waals surface area contributed by atoms with E-state index in [1.807, 2.05) is 18.2 Å². The van der Waals surface area contributed by atoms with Gasteiger partial charge in [-0.3, -0.25) is 0 Å². The van der Waals surface area contributed by atoms with E-state index in [9.17, 15) is 9.90 Å². The second-order valence-corrected chi connectivity index (χ2v) is 6.05. The fourth-order valence-corrected chi connectivity index (χ4v) is 3.27. The van der Waals surface area contributed by atoms with E-state index in [1.165, 1.54) is 10.8 Å². The number of carbonyl (C=O) groups is 1. The van der Waals surface area contributed by atoms with Crippen molar-refractivity contribution in [3.8, 4) is 0 Å². The first-order chi connectivity index (χ1) is 11.2. The molecule has 23 heavy (non-hydrogen) atoms. The lowest BCUT2D eigenvalue weighted by Gasteiger charge is -2.26. The molecule has 0 bridgehead atoms. The molecule has 0 unspecified atom stereocenters. The molecule has 0 radical (unpaired) electrons. The second kappa shape index (κ2) is 5.50. The van der Waals surface area contributed by atoms with Gasteiger partial charge in [-0.05, 0) is 29.2 Å². The monoisotopic (exact) mass is 307 g/mol. The summed E-state index contributed by atoms with van der Waals surface area (Å²) in [6, 6.07) is 14.4. The third kappa shape index (κ3) is 2.38. The van der Waals surface area contributed by atoms with Crippen LogP contribution in [-0.2, 0) is 6.54 Å².